The summed E-state index contributed by atoms with van der Waals surface area (Å²) in [6.45, 7) is 1.61. The van der Waals surface area contributed by atoms with Crippen molar-refractivity contribution in [2.24, 2.45) is 0 Å². The standard InChI is InChI=1S/C13H9Br2F2NO2S/c1-7-4-9(15)10(16)6-12(7)18-21(19,20)13-3-2-8(14)5-11(13)17/h2-6,18H,1H3. The molecule has 2 aromatic rings. The van der Waals surface area contributed by atoms with Crippen LogP contribution in [0.3, 0.4) is 0 Å². The summed E-state index contributed by atoms with van der Waals surface area (Å²) >= 11 is 6.06. The van der Waals surface area contributed by atoms with Gasteiger partial charge in [-0.05, 0) is 58.7 Å². The van der Waals surface area contributed by atoms with Crippen LogP contribution in [0.5, 0.6) is 0 Å². The molecule has 2 aromatic carbocycles. The first-order valence-electron chi connectivity index (χ1n) is 5.64. The molecular formula is C13H9Br2F2NO2S. The highest BCUT2D eigenvalue weighted by molar-refractivity contribution is 9.10. The summed E-state index contributed by atoms with van der Waals surface area (Å²) in [5.74, 6) is -1.51. The zero-order valence-corrected chi connectivity index (χ0v) is 14.6. The average molecular weight is 441 g/mol. The summed E-state index contributed by atoms with van der Waals surface area (Å²) in [7, 11) is -4.14. The first-order valence-corrected chi connectivity index (χ1v) is 8.71. The molecule has 0 aromatic heterocycles. The predicted octanol–water partition coefficient (Wildman–Crippen LogP) is 4.60. The Balaban J connectivity index is 2.45. The number of benzene rings is 2. The van der Waals surface area contributed by atoms with E-state index in [1.54, 1.807) is 6.92 Å². The Morgan fingerprint density at radius 1 is 1.05 bits per heavy atom. The van der Waals surface area contributed by atoms with Crippen LogP contribution in [0.2, 0.25) is 0 Å². The predicted molar refractivity (Wildman–Crippen MR) is 83.7 cm³/mol. The Morgan fingerprint density at radius 2 is 1.71 bits per heavy atom. The van der Waals surface area contributed by atoms with Gasteiger partial charge < -0.3 is 0 Å². The quantitative estimate of drug-likeness (QED) is 0.758. The number of nitrogens with one attached hydrogen (secondary N) is 1. The summed E-state index contributed by atoms with van der Waals surface area (Å²) < 4.78 is 54.5. The van der Waals surface area contributed by atoms with Gasteiger partial charge in [0.25, 0.3) is 10.0 Å². The molecule has 0 saturated heterocycles. The van der Waals surface area contributed by atoms with Crippen molar-refractivity contribution < 1.29 is 17.2 Å². The van der Waals surface area contributed by atoms with E-state index >= 15 is 0 Å². The van der Waals surface area contributed by atoms with E-state index in [0.29, 0.717) is 10.0 Å². The van der Waals surface area contributed by atoms with Gasteiger partial charge in [0, 0.05) is 4.47 Å². The molecule has 0 amide bonds. The molecule has 1 N–H and O–H groups in total. The van der Waals surface area contributed by atoms with Gasteiger partial charge in [0.05, 0.1) is 10.2 Å². The molecule has 0 saturated carbocycles. The molecule has 0 spiro atoms. The van der Waals surface area contributed by atoms with E-state index in [0.717, 1.165) is 18.2 Å². The van der Waals surface area contributed by atoms with Crippen molar-refractivity contribution in [3.8, 4) is 0 Å². The van der Waals surface area contributed by atoms with Gasteiger partial charge in [-0.1, -0.05) is 15.9 Å². The molecule has 0 radical (unpaired) electrons. The second kappa shape index (κ2) is 6.02. The number of halogens is 4. The van der Waals surface area contributed by atoms with Crippen LogP contribution in [-0.2, 0) is 10.0 Å². The van der Waals surface area contributed by atoms with E-state index in [1.807, 2.05) is 0 Å². The Labute approximate surface area is 137 Å². The van der Waals surface area contributed by atoms with Crippen molar-refractivity contribution in [1.29, 1.82) is 0 Å². The van der Waals surface area contributed by atoms with Crippen molar-refractivity contribution in [2.45, 2.75) is 11.8 Å². The third kappa shape index (κ3) is 3.61. The van der Waals surface area contributed by atoms with Crippen LogP contribution >= 0.6 is 31.9 Å². The number of aryl methyl sites for hydroxylation is 1. The summed E-state index contributed by atoms with van der Waals surface area (Å²) in [4.78, 5) is -0.506. The van der Waals surface area contributed by atoms with Crippen molar-refractivity contribution in [2.75, 3.05) is 4.72 Å². The van der Waals surface area contributed by atoms with Crippen molar-refractivity contribution in [3.05, 3.63) is 56.5 Å². The second-order valence-corrected chi connectivity index (χ2v) is 7.68. The molecule has 0 unspecified atom stereocenters. The van der Waals surface area contributed by atoms with E-state index in [1.165, 1.54) is 12.1 Å². The molecule has 0 aliphatic rings. The van der Waals surface area contributed by atoms with Gasteiger partial charge in [-0.2, -0.15) is 0 Å². The molecule has 2 rings (SSSR count). The summed E-state index contributed by atoms with van der Waals surface area (Å²) in [6.07, 6.45) is 0. The highest BCUT2D eigenvalue weighted by Gasteiger charge is 2.20. The maximum absolute atomic E-state index is 13.8. The Bertz CT molecular complexity index is 810. The van der Waals surface area contributed by atoms with Gasteiger partial charge >= 0.3 is 0 Å². The molecule has 0 heterocycles. The smallest absolute Gasteiger partial charge is 0.264 e. The minimum absolute atomic E-state index is 0.0537. The highest BCUT2D eigenvalue weighted by Crippen LogP contribution is 2.27. The summed E-state index contributed by atoms with van der Waals surface area (Å²) in [5, 5.41) is 0. The number of rotatable bonds is 3. The molecule has 0 fully saturated rings. The summed E-state index contributed by atoms with van der Waals surface area (Å²) in [6, 6.07) is 6.06. The van der Waals surface area contributed by atoms with Gasteiger partial charge in [-0.3, -0.25) is 4.72 Å². The van der Waals surface area contributed by atoms with Crippen LogP contribution in [0.4, 0.5) is 14.5 Å². The number of sulfonamides is 1. The van der Waals surface area contributed by atoms with Crippen LogP contribution < -0.4 is 4.72 Å². The Kier molecular flexibility index (Phi) is 4.69. The molecule has 3 nitrogen and oxygen atoms in total. The third-order valence-electron chi connectivity index (χ3n) is 2.70. The molecule has 0 aliphatic heterocycles. The van der Waals surface area contributed by atoms with Crippen molar-refractivity contribution >= 4 is 47.6 Å². The number of hydrogen-bond donors (Lipinski definition) is 1. The van der Waals surface area contributed by atoms with E-state index in [2.05, 4.69) is 36.6 Å². The Hall–Kier alpha value is -0.990. The maximum atomic E-state index is 13.8. The SMILES string of the molecule is Cc1cc(Br)c(F)cc1NS(=O)(=O)c1ccc(Br)cc1F. The van der Waals surface area contributed by atoms with Crippen molar-refractivity contribution in [1.82, 2.24) is 0 Å². The fourth-order valence-corrected chi connectivity index (χ4v) is 3.62. The zero-order chi connectivity index (χ0) is 15.8. The van der Waals surface area contributed by atoms with Gasteiger partial charge in [0.1, 0.15) is 16.5 Å². The van der Waals surface area contributed by atoms with Gasteiger partial charge in [0.15, 0.2) is 0 Å². The molecule has 0 atom stereocenters. The fraction of sp³-hybridized carbons (Fsp3) is 0.0769. The van der Waals surface area contributed by atoms with E-state index in [4.69, 9.17) is 0 Å². The normalized spacial score (nSPS) is 11.5. The minimum atomic E-state index is -4.14. The molecular weight excluding hydrogens is 432 g/mol. The van der Waals surface area contributed by atoms with Gasteiger partial charge in [0.2, 0.25) is 0 Å². The first-order chi connectivity index (χ1) is 9.70. The fourth-order valence-electron chi connectivity index (χ4n) is 1.65. The third-order valence-corrected chi connectivity index (χ3v) is 5.19. The van der Waals surface area contributed by atoms with Gasteiger partial charge in [-0.25, -0.2) is 17.2 Å². The monoisotopic (exact) mass is 439 g/mol. The largest absolute Gasteiger partial charge is 0.279 e. The zero-order valence-electron chi connectivity index (χ0n) is 10.6. The first kappa shape index (κ1) is 16.4. The molecule has 112 valence electrons. The van der Waals surface area contributed by atoms with Crippen LogP contribution in [-0.4, -0.2) is 8.42 Å². The van der Waals surface area contributed by atoms with Gasteiger partial charge in [-0.15, -0.1) is 0 Å². The maximum Gasteiger partial charge on any atom is 0.264 e. The highest BCUT2D eigenvalue weighted by atomic mass is 79.9. The Morgan fingerprint density at radius 3 is 2.33 bits per heavy atom. The van der Waals surface area contributed by atoms with E-state index in [-0.39, 0.29) is 10.2 Å². The second-order valence-electron chi connectivity index (χ2n) is 4.26. The van der Waals surface area contributed by atoms with Crippen LogP contribution in [0.25, 0.3) is 0 Å². The lowest BCUT2D eigenvalue weighted by molar-refractivity contribution is 0.569. The topological polar surface area (TPSA) is 46.2 Å². The van der Waals surface area contributed by atoms with Crippen LogP contribution in [0.15, 0.2) is 44.2 Å². The number of anilines is 1. The van der Waals surface area contributed by atoms with E-state index < -0.39 is 26.6 Å². The lowest BCUT2D eigenvalue weighted by atomic mass is 10.2. The summed E-state index contributed by atoms with van der Waals surface area (Å²) in [5.41, 5.74) is 0.558. The van der Waals surface area contributed by atoms with Crippen LogP contribution in [0.1, 0.15) is 5.56 Å². The molecule has 0 bridgehead atoms. The molecule has 21 heavy (non-hydrogen) atoms. The average Bonchev–Trinajstić information content (AvgIpc) is 2.35. The lowest BCUT2D eigenvalue weighted by Gasteiger charge is -2.12. The van der Waals surface area contributed by atoms with Crippen LogP contribution in [0, 0.1) is 18.6 Å². The molecule has 8 heteroatoms. The number of hydrogen-bond acceptors (Lipinski definition) is 2. The lowest BCUT2D eigenvalue weighted by Crippen LogP contribution is -2.15. The van der Waals surface area contributed by atoms with Crippen molar-refractivity contribution in [3.63, 3.8) is 0 Å². The molecule has 0 aliphatic carbocycles. The van der Waals surface area contributed by atoms with E-state index in [9.17, 15) is 17.2 Å². The minimum Gasteiger partial charge on any atom is -0.279 e.